The second-order valence-corrected chi connectivity index (χ2v) is 7.79. The highest BCUT2D eigenvalue weighted by atomic mass is 35.5. The van der Waals surface area contributed by atoms with Crippen molar-refractivity contribution >= 4 is 39.9 Å². The molecule has 1 fully saturated rings. The Bertz CT molecular complexity index is 963. The zero-order valence-corrected chi connectivity index (χ0v) is 16.8. The van der Waals surface area contributed by atoms with Crippen LogP contribution in [0, 0.1) is 0 Å². The summed E-state index contributed by atoms with van der Waals surface area (Å²) in [5.41, 5.74) is 1.79. The molecule has 0 bridgehead atoms. The zero-order chi connectivity index (χ0) is 19.3. The van der Waals surface area contributed by atoms with Crippen molar-refractivity contribution in [2.24, 2.45) is 0 Å². The van der Waals surface area contributed by atoms with Crippen LogP contribution in [0.1, 0.15) is 17.3 Å². The Labute approximate surface area is 172 Å². The van der Waals surface area contributed by atoms with Crippen LogP contribution in [0.3, 0.4) is 0 Å². The maximum Gasteiger partial charge on any atom is 0.244 e. The first kappa shape index (κ1) is 19.1. The van der Waals surface area contributed by atoms with Gasteiger partial charge in [-0.15, -0.1) is 11.3 Å². The van der Waals surface area contributed by atoms with E-state index in [1.165, 1.54) is 17.4 Å². The SMILES string of the molecule is O=C(/C=C/c1c(Cl)nc2sccn12)NC(CN1CCOCC1)c1ccccc1. The van der Waals surface area contributed by atoms with Crippen molar-refractivity contribution in [1.29, 1.82) is 0 Å². The molecule has 146 valence electrons. The van der Waals surface area contributed by atoms with Crippen LogP contribution in [0.4, 0.5) is 0 Å². The average molecular weight is 417 g/mol. The molecular weight excluding hydrogens is 396 g/mol. The maximum atomic E-state index is 12.6. The number of fused-ring (bicyclic) bond motifs is 1. The van der Waals surface area contributed by atoms with Crippen molar-refractivity contribution in [3.63, 3.8) is 0 Å². The number of halogens is 1. The third-order valence-corrected chi connectivity index (χ3v) is 5.74. The third kappa shape index (κ3) is 4.44. The number of hydrogen-bond acceptors (Lipinski definition) is 5. The summed E-state index contributed by atoms with van der Waals surface area (Å²) in [5.74, 6) is -0.164. The number of imidazole rings is 1. The molecule has 1 atom stereocenters. The number of benzene rings is 1. The topological polar surface area (TPSA) is 58.9 Å². The molecule has 1 saturated heterocycles. The molecule has 3 aromatic rings. The Morgan fingerprint density at radius 3 is 2.89 bits per heavy atom. The highest BCUT2D eigenvalue weighted by Gasteiger charge is 2.19. The normalized spacial score (nSPS) is 16.6. The predicted molar refractivity (Wildman–Crippen MR) is 112 cm³/mol. The lowest BCUT2D eigenvalue weighted by Crippen LogP contribution is -2.42. The van der Waals surface area contributed by atoms with Gasteiger partial charge in [0.1, 0.15) is 0 Å². The fraction of sp³-hybridized carbons (Fsp3) is 0.300. The smallest absolute Gasteiger partial charge is 0.244 e. The lowest BCUT2D eigenvalue weighted by atomic mass is 10.1. The summed E-state index contributed by atoms with van der Waals surface area (Å²) in [6.45, 7) is 3.94. The molecule has 1 unspecified atom stereocenters. The van der Waals surface area contributed by atoms with Crippen LogP contribution in [0.5, 0.6) is 0 Å². The minimum atomic E-state index is -0.164. The second kappa shape index (κ2) is 8.87. The number of carbonyl (C=O) groups excluding carboxylic acids is 1. The highest BCUT2D eigenvalue weighted by molar-refractivity contribution is 7.15. The van der Waals surface area contributed by atoms with Gasteiger partial charge in [-0.05, 0) is 11.6 Å². The average Bonchev–Trinajstić information content (AvgIpc) is 3.28. The van der Waals surface area contributed by atoms with Gasteiger partial charge in [0.2, 0.25) is 5.91 Å². The summed E-state index contributed by atoms with van der Waals surface area (Å²) in [6.07, 6.45) is 5.12. The fourth-order valence-corrected chi connectivity index (χ4v) is 4.27. The molecule has 1 aromatic carbocycles. The Kier molecular flexibility index (Phi) is 6.07. The lowest BCUT2D eigenvalue weighted by Gasteiger charge is -2.31. The third-order valence-electron chi connectivity index (χ3n) is 4.71. The molecule has 0 aliphatic carbocycles. The van der Waals surface area contributed by atoms with Gasteiger partial charge in [0.05, 0.1) is 24.9 Å². The molecule has 1 aliphatic rings. The van der Waals surface area contributed by atoms with Crippen LogP contribution in [0.25, 0.3) is 11.0 Å². The molecule has 0 spiro atoms. The van der Waals surface area contributed by atoms with Gasteiger partial charge in [0, 0.05) is 37.3 Å². The van der Waals surface area contributed by atoms with E-state index in [1.54, 1.807) is 6.08 Å². The van der Waals surface area contributed by atoms with Gasteiger partial charge < -0.3 is 10.1 Å². The Hall–Kier alpha value is -2.19. The number of thiazole rings is 1. The molecule has 8 heteroatoms. The highest BCUT2D eigenvalue weighted by Crippen LogP contribution is 2.22. The van der Waals surface area contributed by atoms with E-state index in [-0.39, 0.29) is 11.9 Å². The van der Waals surface area contributed by atoms with Crippen LogP contribution in [-0.2, 0) is 9.53 Å². The fourth-order valence-electron chi connectivity index (χ4n) is 3.26. The molecule has 1 N–H and O–H groups in total. The standard InChI is InChI=1S/C20H21ClN4O2S/c21-19-17(25-10-13-28-20(25)23-19)6-7-18(26)22-16(15-4-2-1-3-5-15)14-24-8-11-27-12-9-24/h1-7,10,13,16H,8-9,11-12,14H2,(H,22,26)/b7-6+. The quantitative estimate of drug-likeness (QED) is 0.626. The molecule has 28 heavy (non-hydrogen) atoms. The van der Waals surface area contributed by atoms with Gasteiger partial charge in [-0.3, -0.25) is 14.1 Å². The first-order valence-electron chi connectivity index (χ1n) is 9.15. The Morgan fingerprint density at radius 2 is 2.11 bits per heavy atom. The molecule has 0 saturated carbocycles. The number of aromatic nitrogens is 2. The van der Waals surface area contributed by atoms with Gasteiger partial charge in [-0.25, -0.2) is 4.98 Å². The van der Waals surface area contributed by atoms with E-state index in [4.69, 9.17) is 16.3 Å². The number of rotatable bonds is 6. The van der Waals surface area contributed by atoms with E-state index in [2.05, 4.69) is 15.2 Å². The van der Waals surface area contributed by atoms with Crippen molar-refractivity contribution < 1.29 is 9.53 Å². The van der Waals surface area contributed by atoms with Crippen molar-refractivity contribution in [3.05, 3.63) is 64.4 Å². The summed E-state index contributed by atoms with van der Waals surface area (Å²) < 4.78 is 7.30. The van der Waals surface area contributed by atoms with Crippen molar-refractivity contribution in [3.8, 4) is 0 Å². The first-order valence-corrected chi connectivity index (χ1v) is 10.4. The Balaban J connectivity index is 1.48. The number of morpholine rings is 1. The van der Waals surface area contributed by atoms with E-state index in [0.717, 1.165) is 43.4 Å². The van der Waals surface area contributed by atoms with Crippen LogP contribution in [-0.4, -0.2) is 53.0 Å². The molecule has 2 aromatic heterocycles. The maximum absolute atomic E-state index is 12.6. The zero-order valence-electron chi connectivity index (χ0n) is 15.3. The summed E-state index contributed by atoms with van der Waals surface area (Å²) >= 11 is 7.70. The van der Waals surface area contributed by atoms with E-state index < -0.39 is 0 Å². The largest absolute Gasteiger partial charge is 0.379 e. The number of carbonyl (C=O) groups is 1. The van der Waals surface area contributed by atoms with Crippen molar-refractivity contribution in [1.82, 2.24) is 19.6 Å². The molecule has 6 nitrogen and oxygen atoms in total. The number of nitrogens with one attached hydrogen (secondary N) is 1. The van der Waals surface area contributed by atoms with Gasteiger partial charge >= 0.3 is 0 Å². The van der Waals surface area contributed by atoms with Crippen LogP contribution < -0.4 is 5.32 Å². The predicted octanol–water partition coefficient (Wildman–Crippen LogP) is 3.25. The van der Waals surface area contributed by atoms with Gasteiger partial charge in [0.25, 0.3) is 0 Å². The van der Waals surface area contributed by atoms with Gasteiger partial charge in [-0.2, -0.15) is 0 Å². The number of hydrogen-bond donors (Lipinski definition) is 1. The molecule has 3 heterocycles. The summed E-state index contributed by atoms with van der Waals surface area (Å²) in [6, 6.07) is 9.94. The first-order chi connectivity index (χ1) is 13.7. The van der Waals surface area contributed by atoms with Crippen molar-refractivity contribution in [2.75, 3.05) is 32.8 Å². The van der Waals surface area contributed by atoms with Gasteiger partial charge in [-0.1, -0.05) is 41.9 Å². The van der Waals surface area contributed by atoms with E-state index >= 15 is 0 Å². The van der Waals surface area contributed by atoms with E-state index in [0.29, 0.717) is 10.8 Å². The molecule has 1 aliphatic heterocycles. The second-order valence-electron chi connectivity index (χ2n) is 6.56. The Morgan fingerprint density at radius 1 is 1.32 bits per heavy atom. The summed E-state index contributed by atoms with van der Waals surface area (Å²) in [4.78, 5) is 20.0. The van der Waals surface area contributed by atoms with Gasteiger partial charge in [0.15, 0.2) is 10.1 Å². The molecule has 0 radical (unpaired) electrons. The molecule has 1 amide bonds. The van der Waals surface area contributed by atoms with Crippen LogP contribution in [0.15, 0.2) is 48.0 Å². The molecular formula is C20H21ClN4O2S. The monoisotopic (exact) mass is 416 g/mol. The number of ether oxygens (including phenoxy) is 1. The molecule has 4 rings (SSSR count). The minimum absolute atomic E-state index is 0.0986. The van der Waals surface area contributed by atoms with Crippen LogP contribution in [0.2, 0.25) is 5.15 Å². The summed E-state index contributed by atoms with van der Waals surface area (Å²) in [7, 11) is 0. The van der Waals surface area contributed by atoms with Crippen LogP contribution >= 0.6 is 22.9 Å². The van der Waals surface area contributed by atoms with Crippen molar-refractivity contribution in [2.45, 2.75) is 6.04 Å². The van der Waals surface area contributed by atoms with E-state index in [9.17, 15) is 4.79 Å². The van der Waals surface area contributed by atoms with E-state index in [1.807, 2.05) is 46.3 Å². The minimum Gasteiger partial charge on any atom is -0.379 e. The number of amides is 1. The number of nitrogens with zero attached hydrogens (tertiary/aromatic N) is 3. The lowest BCUT2D eigenvalue weighted by molar-refractivity contribution is -0.117. The summed E-state index contributed by atoms with van der Waals surface area (Å²) in [5, 5.41) is 5.45.